The van der Waals surface area contributed by atoms with E-state index in [2.05, 4.69) is 31.4 Å². The molecule has 0 unspecified atom stereocenters. The maximum absolute atomic E-state index is 12.8. The van der Waals surface area contributed by atoms with E-state index in [0.717, 1.165) is 11.1 Å². The molecule has 0 bridgehead atoms. The van der Waals surface area contributed by atoms with Crippen LogP contribution in [0.1, 0.15) is 62.2 Å². The topological polar surface area (TPSA) is 100 Å². The summed E-state index contributed by atoms with van der Waals surface area (Å²) >= 11 is 0. The van der Waals surface area contributed by atoms with E-state index in [1.807, 2.05) is 24.3 Å². The van der Waals surface area contributed by atoms with Gasteiger partial charge in [0.05, 0.1) is 32.1 Å². The average molecular weight is 429 g/mol. The molecule has 2 aromatic rings. The number of aliphatic hydroxyl groups excluding tert-OH is 2. The Kier molecular flexibility index (Phi) is 6.48. The van der Waals surface area contributed by atoms with E-state index in [1.54, 1.807) is 20.1 Å². The molecule has 0 heterocycles. The molecule has 0 radical (unpaired) electrons. The van der Waals surface area contributed by atoms with Gasteiger partial charge in [0, 0.05) is 11.1 Å². The lowest BCUT2D eigenvalue weighted by Crippen LogP contribution is -2.40. The molecule has 168 valence electrons. The molecule has 4 N–H and O–H groups in total. The number of aliphatic hydroxyl groups is 2. The first-order chi connectivity index (χ1) is 14.6. The van der Waals surface area contributed by atoms with Crippen LogP contribution >= 0.6 is 0 Å². The number of nitrogens with one attached hydrogen (secondary N) is 2. The van der Waals surface area contributed by atoms with Crippen molar-refractivity contribution in [3.8, 4) is 11.5 Å². The highest BCUT2D eigenvalue weighted by molar-refractivity contribution is 5.92. The number of amides is 2. The minimum absolute atomic E-state index is 0.192. The number of rotatable bonds is 5. The SMILES string of the molecule is COc1cccc2c1[C@@H](O)[C@@H](NC(=O)Nc1cc(C(C)(C)C)cc([C@H](C)O)c1OC)C2. The summed E-state index contributed by atoms with van der Waals surface area (Å²) in [7, 11) is 3.06. The standard InChI is InChI=1S/C24H32N2O5/c1-13(27)16-11-15(24(2,3)4)12-18(22(16)31-6)26-23(29)25-17-10-14-8-7-9-19(30-5)20(14)21(17)28/h7-9,11-13,17,21,27-28H,10H2,1-6H3,(H2,25,26,29)/t13-,17-,21-/m0/s1. The third kappa shape index (κ3) is 4.62. The molecule has 0 aliphatic heterocycles. The molecule has 2 aromatic carbocycles. The Morgan fingerprint density at radius 3 is 2.48 bits per heavy atom. The zero-order valence-corrected chi connectivity index (χ0v) is 18.9. The molecule has 0 spiro atoms. The van der Waals surface area contributed by atoms with Gasteiger partial charge in [-0.05, 0) is 48.1 Å². The second kappa shape index (κ2) is 8.77. The molecule has 0 aromatic heterocycles. The van der Waals surface area contributed by atoms with Gasteiger partial charge in [0.2, 0.25) is 0 Å². The first kappa shape index (κ1) is 22.9. The lowest BCUT2D eigenvalue weighted by molar-refractivity contribution is 0.142. The fraction of sp³-hybridized carbons (Fsp3) is 0.458. The number of fused-ring (bicyclic) bond motifs is 1. The molecule has 7 heteroatoms. The number of benzene rings is 2. The van der Waals surface area contributed by atoms with Crippen molar-refractivity contribution in [1.29, 1.82) is 0 Å². The highest BCUT2D eigenvalue weighted by Gasteiger charge is 2.35. The van der Waals surface area contributed by atoms with Crippen LogP contribution in [0.15, 0.2) is 30.3 Å². The Labute approximate surface area is 183 Å². The Balaban J connectivity index is 1.84. The predicted octanol–water partition coefficient (Wildman–Crippen LogP) is 3.83. The third-order valence-corrected chi connectivity index (χ3v) is 5.70. The maximum atomic E-state index is 12.8. The van der Waals surface area contributed by atoms with Crippen molar-refractivity contribution >= 4 is 11.7 Å². The number of carbonyl (C=O) groups excluding carboxylic acids is 1. The van der Waals surface area contributed by atoms with Crippen LogP contribution in [0, 0.1) is 0 Å². The van der Waals surface area contributed by atoms with Crippen molar-refractivity contribution < 1.29 is 24.5 Å². The molecule has 3 rings (SSSR count). The molecule has 3 atom stereocenters. The molecule has 1 aliphatic carbocycles. The van der Waals surface area contributed by atoms with Gasteiger partial charge in [0.15, 0.2) is 0 Å². The number of ether oxygens (including phenoxy) is 2. The first-order valence-electron chi connectivity index (χ1n) is 10.4. The summed E-state index contributed by atoms with van der Waals surface area (Å²) in [5.74, 6) is 1.02. The highest BCUT2D eigenvalue weighted by Crippen LogP contribution is 2.39. The van der Waals surface area contributed by atoms with Crippen LogP contribution in [0.5, 0.6) is 11.5 Å². The number of hydrogen-bond donors (Lipinski definition) is 4. The van der Waals surface area contributed by atoms with Gasteiger partial charge in [-0.1, -0.05) is 32.9 Å². The molecular weight excluding hydrogens is 396 g/mol. The Morgan fingerprint density at radius 2 is 1.90 bits per heavy atom. The minimum atomic E-state index is -0.868. The van der Waals surface area contributed by atoms with Crippen LogP contribution in [0.2, 0.25) is 0 Å². The first-order valence-corrected chi connectivity index (χ1v) is 10.4. The van der Waals surface area contributed by atoms with E-state index >= 15 is 0 Å². The monoisotopic (exact) mass is 428 g/mol. The fourth-order valence-electron chi connectivity index (χ4n) is 4.00. The van der Waals surface area contributed by atoms with Crippen LogP contribution < -0.4 is 20.1 Å². The zero-order valence-electron chi connectivity index (χ0n) is 18.9. The minimum Gasteiger partial charge on any atom is -0.496 e. The molecule has 2 amide bonds. The van der Waals surface area contributed by atoms with Crippen LogP contribution in [0.4, 0.5) is 10.5 Å². The van der Waals surface area contributed by atoms with Gasteiger partial charge < -0.3 is 30.3 Å². The van der Waals surface area contributed by atoms with Crippen molar-refractivity contribution in [1.82, 2.24) is 5.32 Å². The Hall–Kier alpha value is -2.77. The van der Waals surface area contributed by atoms with Crippen LogP contribution in [-0.4, -0.2) is 36.5 Å². The molecule has 0 fully saturated rings. The van der Waals surface area contributed by atoms with E-state index in [1.165, 1.54) is 7.11 Å². The van der Waals surface area contributed by atoms with E-state index in [4.69, 9.17) is 9.47 Å². The summed E-state index contributed by atoms with van der Waals surface area (Å²) in [5, 5.41) is 26.7. The normalized spacial score (nSPS) is 18.8. The number of anilines is 1. The van der Waals surface area contributed by atoms with Gasteiger partial charge in [-0.15, -0.1) is 0 Å². The summed E-state index contributed by atoms with van der Waals surface area (Å²) in [6.45, 7) is 7.84. The van der Waals surface area contributed by atoms with Gasteiger partial charge in [-0.2, -0.15) is 0 Å². The largest absolute Gasteiger partial charge is 0.496 e. The number of methoxy groups -OCH3 is 2. The van der Waals surface area contributed by atoms with Gasteiger partial charge >= 0.3 is 6.03 Å². The Bertz CT molecular complexity index is 965. The number of urea groups is 1. The van der Waals surface area contributed by atoms with Crippen LogP contribution in [0.25, 0.3) is 0 Å². The van der Waals surface area contributed by atoms with Crippen molar-refractivity contribution in [3.05, 3.63) is 52.6 Å². The van der Waals surface area contributed by atoms with Gasteiger partial charge in [0.1, 0.15) is 17.6 Å². The summed E-state index contributed by atoms with van der Waals surface area (Å²) in [6.07, 6.45) is -1.13. The lowest BCUT2D eigenvalue weighted by atomic mass is 9.85. The lowest BCUT2D eigenvalue weighted by Gasteiger charge is -2.25. The summed E-state index contributed by atoms with van der Waals surface area (Å²) in [4.78, 5) is 12.8. The summed E-state index contributed by atoms with van der Waals surface area (Å²) < 4.78 is 10.9. The van der Waals surface area contributed by atoms with Crippen LogP contribution in [0.3, 0.4) is 0 Å². The van der Waals surface area contributed by atoms with Gasteiger partial charge in [-0.25, -0.2) is 4.79 Å². The second-order valence-electron chi connectivity index (χ2n) is 8.96. The highest BCUT2D eigenvalue weighted by atomic mass is 16.5. The van der Waals surface area contributed by atoms with E-state index in [0.29, 0.717) is 34.7 Å². The summed E-state index contributed by atoms with van der Waals surface area (Å²) in [5.41, 5.74) is 3.48. The van der Waals surface area contributed by atoms with E-state index in [-0.39, 0.29) is 5.41 Å². The molecular formula is C24H32N2O5. The van der Waals surface area contributed by atoms with Gasteiger partial charge in [0.25, 0.3) is 0 Å². The van der Waals surface area contributed by atoms with Crippen molar-refractivity contribution in [2.24, 2.45) is 0 Å². The van der Waals surface area contributed by atoms with Crippen molar-refractivity contribution in [3.63, 3.8) is 0 Å². The van der Waals surface area contributed by atoms with E-state index in [9.17, 15) is 15.0 Å². The molecule has 0 saturated heterocycles. The molecule has 31 heavy (non-hydrogen) atoms. The number of carbonyl (C=O) groups is 1. The van der Waals surface area contributed by atoms with Crippen LogP contribution in [-0.2, 0) is 11.8 Å². The average Bonchev–Trinajstić information content (AvgIpc) is 3.02. The Morgan fingerprint density at radius 1 is 1.19 bits per heavy atom. The number of hydrogen-bond acceptors (Lipinski definition) is 5. The quantitative estimate of drug-likeness (QED) is 0.580. The smallest absolute Gasteiger partial charge is 0.319 e. The van der Waals surface area contributed by atoms with Crippen molar-refractivity contribution in [2.45, 2.75) is 57.8 Å². The maximum Gasteiger partial charge on any atom is 0.319 e. The van der Waals surface area contributed by atoms with Crippen molar-refractivity contribution in [2.75, 3.05) is 19.5 Å². The van der Waals surface area contributed by atoms with E-state index < -0.39 is 24.3 Å². The summed E-state index contributed by atoms with van der Waals surface area (Å²) in [6, 6.07) is 8.39. The molecule has 7 nitrogen and oxygen atoms in total. The molecule has 1 aliphatic rings. The fourth-order valence-corrected chi connectivity index (χ4v) is 4.00. The third-order valence-electron chi connectivity index (χ3n) is 5.70. The zero-order chi connectivity index (χ0) is 22.9. The predicted molar refractivity (Wildman–Crippen MR) is 120 cm³/mol. The second-order valence-corrected chi connectivity index (χ2v) is 8.96. The molecule has 0 saturated carbocycles. The van der Waals surface area contributed by atoms with Gasteiger partial charge in [-0.3, -0.25) is 0 Å².